The fraction of sp³-hybridized carbons (Fsp3) is 0.381. The van der Waals surface area contributed by atoms with E-state index in [1.807, 2.05) is 18.2 Å². The van der Waals surface area contributed by atoms with Gasteiger partial charge in [-0.1, -0.05) is 23.7 Å². The van der Waals surface area contributed by atoms with Crippen molar-refractivity contribution in [2.24, 2.45) is 0 Å². The fourth-order valence-electron chi connectivity index (χ4n) is 3.90. The van der Waals surface area contributed by atoms with E-state index in [4.69, 9.17) is 25.8 Å². The van der Waals surface area contributed by atoms with Gasteiger partial charge in [-0.15, -0.1) is 0 Å². The number of benzene rings is 2. The lowest BCUT2D eigenvalue weighted by atomic mass is 9.74. The van der Waals surface area contributed by atoms with Crippen molar-refractivity contribution >= 4 is 23.2 Å². The summed E-state index contributed by atoms with van der Waals surface area (Å²) in [5.41, 5.74) is 0.273. The number of nitrogens with zero attached hydrogens (tertiary/aromatic N) is 1. The lowest BCUT2D eigenvalue weighted by Gasteiger charge is -2.38. The average molecular weight is 433 g/mol. The number of nitrogens with one attached hydrogen (secondary N) is 1. The number of carbonyl (C=O) groups is 1. The maximum absolute atomic E-state index is 13.0. The highest BCUT2D eigenvalue weighted by atomic mass is 35.5. The Morgan fingerprint density at radius 3 is 2.47 bits per heavy atom. The first-order valence-corrected chi connectivity index (χ1v) is 10.1. The van der Waals surface area contributed by atoms with Crippen molar-refractivity contribution in [2.75, 3.05) is 33.0 Å². The standard InChI is InChI=1S/C21H21ClN2O6/c22-15-3-1-2-14(10-15)21(4-6-28-7-5-21)13-23-20(25)16-11-18-19(30-9-8-29-18)12-17(16)24(26)27/h1-3,10-12H,4-9,13H2,(H,23,25). The number of hydrogen-bond donors (Lipinski definition) is 1. The third-order valence-electron chi connectivity index (χ3n) is 5.58. The van der Waals surface area contributed by atoms with Crippen molar-refractivity contribution in [2.45, 2.75) is 18.3 Å². The number of nitro groups is 1. The van der Waals surface area contributed by atoms with Gasteiger partial charge < -0.3 is 19.5 Å². The van der Waals surface area contributed by atoms with Gasteiger partial charge in [0.25, 0.3) is 11.6 Å². The molecule has 2 aliphatic heterocycles. The first-order valence-electron chi connectivity index (χ1n) is 9.69. The van der Waals surface area contributed by atoms with Crippen LogP contribution in [0.3, 0.4) is 0 Å². The molecule has 158 valence electrons. The number of halogens is 1. The summed E-state index contributed by atoms with van der Waals surface area (Å²) in [5, 5.41) is 15.0. The molecule has 4 rings (SSSR count). The summed E-state index contributed by atoms with van der Waals surface area (Å²) in [6.07, 6.45) is 1.41. The molecule has 2 aromatic rings. The van der Waals surface area contributed by atoms with Crippen LogP contribution in [0.1, 0.15) is 28.8 Å². The second kappa shape index (κ2) is 8.49. The van der Waals surface area contributed by atoms with Gasteiger partial charge in [-0.3, -0.25) is 14.9 Å². The maximum atomic E-state index is 13.0. The summed E-state index contributed by atoms with van der Waals surface area (Å²) in [5.74, 6) is 0.0588. The second-order valence-corrected chi connectivity index (χ2v) is 7.79. The van der Waals surface area contributed by atoms with Gasteiger partial charge in [0, 0.05) is 36.3 Å². The normalized spacial score (nSPS) is 17.2. The topological polar surface area (TPSA) is 99.9 Å². The zero-order valence-corrected chi connectivity index (χ0v) is 16.9. The van der Waals surface area contributed by atoms with Crippen molar-refractivity contribution in [3.63, 3.8) is 0 Å². The third-order valence-corrected chi connectivity index (χ3v) is 5.81. The van der Waals surface area contributed by atoms with Crippen LogP contribution in [0.2, 0.25) is 5.02 Å². The maximum Gasteiger partial charge on any atom is 0.286 e. The Bertz CT molecular complexity index is 974. The van der Waals surface area contributed by atoms with E-state index in [-0.39, 0.29) is 22.4 Å². The van der Waals surface area contributed by atoms with Crippen LogP contribution < -0.4 is 14.8 Å². The van der Waals surface area contributed by atoms with Crippen LogP contribution in [0.25, 0.3) is 0 Å². The Labute approximate surface area is 178 Å². The van der Waals surface area contributed by atoms with E-state index in [0.717, 1.165) is 5.56 Å². The molecule has 2 heterocycles. The fourth-order valence-corrected chi connectivity index (χ4v) is 4.09. The number of amides is 1. The van der Waals surface area contributed by atoms with Gasteiger partial charge in [0.15, 0.2) is 11.5 Å². The molecule has 1 amide bonds. The molecule has 2 aromatic carbocycles. The molecule has 9 heteroatoms. The van der Waals surface area contributed by atoms with E-state index in [1.165, 1.54) is 12.1 Å². The third kappa shape index (κ3) is 4.06. The zero-order chi connectivity index (χ0) is 21.1. The molecule has 2 aliphatic rings. The van der Waals surface area contributed by atoms with Gasteiger partial charge in [-0.05, 0) is 30.5 Å². The molecule has 0 spiro atoms. The molecule has 1 fully saturated rings. The minimum atomic E-state index is -0.589. The molecule has 1 N–H and O–H groups in total. The molecule has 0 unspecified atom stereocenters. The number of fused-ring (bicyclic) bond motifs is 1. The smallest absolute Gasteiger partial charge is 0.286 e. The van der Waals surface area contributed by atoms with Gasteiger partial charge in [-0.25, -0.2) is 0 Å². The molecular formula is C21H21ClN2O6. The molecule has 0 saturated carbocycles. The minimum absolute atomic E-state index is 0.0578. The summed E-state index contributed by atoms with van der Waals surface area (Å²) in [6.45, 7) is 2.06. The van der Waals surface area contributed by atoms with Crippen molar-refractivity contribution in [3.05, 3.63) is 62.7 Å². The van der Waals surface area contributed by atoms with Gasteiger partial charge in [0.1, 0.15) is 18.8 Å². The lowest BCUT2D eigenvalue weighted by molar-refractivity contribution is -0.385. The highest BCUT2D eigenvalue weighted by Gasteiger charge is 2.36. The van der Waals surface area contributed by atoms with Gasteiger partial charge in [0.2, 0.25) is 0 Å². The second-order valence-electron chi connectivity index (χ2n) is 7.36. The number of ether oxygens (including phenoxy) is 3. The number of rotatable bonds is 5. The highest BCUT2D eigenvalue weighted by Crippen LogP contribution is 2.38. The lowest BCUT2D eigenvalue weighted by Crippen LogP contribution is -2.44. The van der Waals surface area contributed by atoms with Crippen LogP contribution in [0.5, 0.6) is 11.5 Å². The van der Waals surface area contributed by atoms with Crippen molar-refractivity contribution in [1.82, 2.24) is 5.32 Å². The van der Waals surface area contributed by atoms with E-state index >= 15 is 0 Å². The minimum Gasteiger partial charge on any atom is -0.486 e. The quantitative estimate of drug-likeness (QED) is 0.573. The molecular weight excluding hydrogens is 412 g/mol. The number of hydrogen-bond acceptors (Lipinski definition) is 6. The molecule has 0 atom stereocenters. The highest BCUT2D eigenvalue weighted by molar-refractivity contribution is 6.30. The Kier molecular flexibility index (Phi) is 5.78. The summed E-state index contributed by atoms with van der Waals surface area (Å²) >= 11 is 6.19. The predicted octanol–water partition coefficient (Wildman–Crippen LogP) is 3.50. The molecule has 1 saturated heterocycles. The largest absolute Gasteiger partial charge is 0.486 e. The summed E-state index contributed by atoms with van der Waals surface area (Å²) in [6, 6.07) is 10.2. The van der Waals surface area contributed by atoms with Crippen molar-refractivity contribution < 1.29 is 23.9 Å². The van der Waals surface area contributed by atoms with Crippen LogP contribution in [-0.2, 0) is 10.2 Å². The summed E-state index contributed by atoms with van der Waals surface area (Å²) < 4.78 is 16.4. The van der Waals surface area contributed by atoms with Gasteiger partial charge >= 0.3 is 0 Å². The van der Waals surface area contributed by atoms with E-state index in [0.29, 0.717) is 56.6 Å². The zero-order valence-electron chi connectivity index (χ0n) is 16.2. The molecule has 0 bridgehead atoms. The monoisotopic (exact) mass is 432 g/mol. The summed E-state index contributed by atoms with van der Waals surface area (Å²) in [7, 11) is 0. The van der Waals surface area contributed by atoms with Crippen LogP contribution in [0.15, 0.2) is 36.4 Å². The van der Waals surface area contributed by atoms with Crippen LogP contribution in [0, 0.1) is 10.1 Å². The van der Waals surface area contributed by atoms with E-state index in [1.54, 1.807) is 6.07 Å². The first-order chi connectivity index (χ1) is 14.5. The van der Waals surface area contributed by atoms with Gasteiger partial charge in [-0.2, -0.15) is 0 Å². The van der Waals surface area contributed by atoms with E-state index in [9.17, 15) is 14.9 Å². The Morgan fingerprint density at radius 2 is 1.80 bits per heavy atom. The molecule has 8 nitrogen and oxygen atoms in total. The van der Waals surface area contributed by atoms with E-state index in [2.05, 4.69) is 5.32 Å². The van der Waals surface area contributed by atoms with Crippen LogP contribution in [-0.4, -0.2) is 43.8 Å². The van der Waals surface area contributed by atoms with E-state index < -0.39 is 10.8 Å². The van der Waals surface area contributed by atoms with Crippen molar-refractivity contribution in [3.8, 4) is 11.5 Å². The van der Waals surface area contributed by atoms with Crippen LogP contribution >= 0.6 is 11.6 Å². The molecule has 0 aliphatic carbocycles. The summed E-state index contributed by atoms with van der Waals surface area (Å²) in [4.78, 5) is 23.9. The first kappa shape index (κ1) is 20.4. The predicted molar refractivity (Wildman–Crippen MR) is 110 cm³/mol. The number of nitro benzene ring substituents is 1. The average Bonchev–Trinajstić information content (AvgIpc) is 2.77. The number of carbonyl (C=O) groups excluding carboxylic acids is 1. The Balaban J connectivity index is 1.60. The van der Waals surface area contributed by atoms with Gasteiger partial charge in [0.05, 0.1) is 11.0 Å². The Morgan fingerprint density at radius 1 is 1.10 bits per heavy atom. The Hall–Kier alpha value is -2.84. The molecule has 0 radical (unpaired) electrons. The van der Waals surface area contributed by atoms with Crippen molar-refractivity contribution in [1.29, 1.82) is 0 Å². The SMILES string of the molecule is O=C(NCC1(c2cccc(Cl)c2)CCOCC1)c1cc2c(cc1[N+](=O)[O-])OCCO2. The molecule has 30 heavy (non-hydrogen) atoms. The molecule has 0 aromatic heterocycles. The van der Waals surface area contributed by atoms with Crippen LogP contribution in [0.4, 0.5) is 5.69 Å².